The van der Waals surface area contributed by atoms with E-state index in [9.17, 15) is 4.79 Å². The zero-order chi connectivity index (χ0) is 22.5. The summed E-state index contributed by atoms with van der Waals surface area (Å²) in [5.41, 5.74) is 4.03. The molecule has 2 heterocycles. The van der Waals surface area contributed by atoms with Gasteiger partial charge in [-0.05, 0) is 38.8 Å². The van der Waals surface area contributed by atoms with Gasteiger partial charge in [0.1, 0.15) is 11.5 Å². The highest BCUT2D eigenvalue weighted by Crippen LogP contribution is 2.39. The Hall–Kier alpha value is -2.93. The molecule has 0 spiro atoms. The minimum Gasteiger partial charge on any atom is -0.492 e. The average molecular weight is 440 g/mol. The molecule has 0 saturated carbocycles. The number of para-hydroxylation sites is 1. The molecule has 172 valence electrons. The van der Waals surface area contributed by atoms with E-state index in [1.54, 1.807) is 0 Å². The van der Waals surface area contributed by atoms with E-state index >= 15 is 0 Å². The van der Waals surface area contributed by atoms with Crippen LogP contribution in [0.5, 0.6) is 11.5 Å². The zero-order valence-electron chi connectivity index (χ0n) is 19.2. The number of hydrogen-bond donors (Lipinski definition) is 1. The monoisotopic (exact) mass is 439 g/mol. The van der Waals surface area contributed by atoms with Crippen LogP contribution in [0.1, 0.15) is 26.3 Å². The molecular weight excluding hydrogens is 406 g/mol. The quantitative estimate of drug-likeness (QED) is 0.677. The third kappa shape index (κ3) is 4.78. The summed E-state index contributed by atoms with van der Waals surface area (Å²) in [4.78, 5) is 17.5. The van der Waals surface area contributed by atoms with Gasteiger partial charge >= 0.3 is 0 Å². The van der Waals surface area contributed by atoms with Crippen molar-refractivity contribution in [2.24, 2.45) is 0 Å². The molecule has 1 N–H and O–H groups in total. The zero-order valence-corrected chi connectivity index (χ0v) is 19.2. The summed E-state index contributed by atoms with van der Waals surface area (Å²) in [6, 6.07) is 12.4. The second-order valence-electron chi connectivity index (χ2n) is 8.14. The lowest BCUT2D eigenvalue weighted by atomic mass is 10.1. The minimum absolute atomic E-state index is 0.0731. The molecule has 0 radical (unpaired) electrons. The Bertz CT molecular complexity index is 943. The number of nitrogens with zero attached hydrogens (tertiary/aromatic N) is 2. The van der Waals surface area contributed by atoms with Crippen molar-refractivity contribution in [2.75, 3.05) is 61.2 Å². The van der Waals surface area contributed by atoms with Crippen LogP contribution in [-0.4, -0.2) is 58.0 Å². The maximum atomic E-state index is 13.1. The number of hydrogen-bond acceptors (Lipinski definition) is 6. The summed E-state index contributed by atoms with van der Waals surface area (Å²) in [5.74, 6) is 1.32. The molecule has 0 bridgehead atoms. The molecule has 7 heteroatoms. The summed E-state index contributed by atoms with van der Waals surface area (Å²) in [7, 11) is 0. The Labute approximate surface area is 190 Å². The normalized spacial score (nSPS) is 17.8. The second-order valence-corrected chi connectivity index (χ2v) is 8.14. The Morgan fingerprint density at radius 3 is 2.53 bits per heavy atom. The van der Waals surface area contributed by atoms with Crippen molar-refractivity contribution in [3.63, 3.8) is 0 Å². The number of amides is 1. The summed E-state index contributed by atoms with van der Waals surface area (Å²) in [6.07, 6.45) is 0.955. The van der Waals surface area contributed by atoms with Gasteiger partial charge < -0.3 is 29.3 Å². The van der Waals surface area contributed by atoms with E-state index in [-0.39, 0.29) is 11.9 Å². The molecule has 0 aliphatic carbocycles. The first-order chi connectivity index (χ1) is 15.6. The molecule has 1 unspecified atom stereocenters. The van der Waals surface area contributed by atoms with E-state index in [4.69, 9.17) is 14.2 Å². The van der Waals surface area contributed by atoms with Crippen LogP contribution in [0, 0.1) is 0 Å². The van der Waals surface area contributed by atoms with E-state index in [0.29, 0.717) is 44.4 Å². The van der Waals surface area contributed by atoms with Crippen LogP contribution < -0.4 is 24.6 Å². The number of rotatable bonds is 8. The van der Waals surface area contributed by atoms with Gasteiger partial charge in [-0.2, -0.15) is 0 Å². The van der Waals surface area contributed by atoms with Gasteiger partial charge in [0.2, 0.25) is 5.91 Å². The second kappa shape index (κ2) is 10.1. The van der Waals surface area contributed by atoms with Crippen LogP contribution in [0.15, 0.2) is 36.4 Å². The van der Waals surface area contributed by atoms with Gasteiger partial charge in [0.25, 0.3) is 0 Å². The van der Waals surface area contributed by atoms with E-state index in [2.05, 4.69) is 40.2 Å². The van der Waals surface area contributed by atoms with Crippen molar-refractivity contribution >= 4 is 23.0 Å². The first-order valence-corrected chi connectivity index (χ1v) is 11.5. The van der Waals surface area contributed by atoms with Gasteiger partial charge in [0, 0.05) is 37.0 Å². The Morgan fingerprint density at radius 1 is 1.06 bits per heavy atom. The SMILES string of the molecule is CCOc1cc(N2CCOCC2)c(OCC)cc1NC(=O)CN1c2ccccc2CC1C. The summed E-state index contributed by atoms with van der Waals surface area (Å²) < 4.78 is 17.3. The number of anilines is 3. The molecule has 2 aliphatic heterocycles. The van der Waals surface area contributed by atoms with Gasteiger partial charge in [-0.1, -0.05) is 18.2 Å². The van der Waals surface area contributed by atoms with Crippen LogP contribution in [0.3, 0.4) is 0 Å². The van der Waals surface area contributed by atoms with Crippen LogP contribution >= 0.6 is 0 Å². The number of nitrogens with one attached hydrogen (secondary N) is 1. The third-order valence-corrected chi connectivity index (χ3v) is 5.95. The van der Waals surface area contributed by atoms with Gasteiger partial charge in [-0.3, -0.25) is 4.79 Å². The molecule has 1 saturated heterocycles. The lowest BCUT2D eigenvalue weighted by molar-refractivity contribution is -0.115. The fourth-order valence-corrected chi connectivity index (χ4v) is 4.46. The van der Waals surface area contributed by atoms with Crippen LogP contribution in [0.25, 0.3) is 0 Å². The topological polar surface area (TPSA) is 63.3 Å². The number of carbonyl (C=O) groups excluding carboxylic acids is 1. The van der Waals surface area contributed by atoms with E-state index in [1.165, 1.54) is 5.56 Å². The van der Waals surface area contributed by atoms with Crippen molar-refractivity contribution in [2.45, 2.75) is 33.2 Å². The van der Waals surface area contributed by atoms with Crippen molar-refractivity contribution < 1.29 is 19.0 Å². The van der Waals surface area contributed by atoms with Crippen LogP contribution in [0.2, 0.25) is 0 Å². The standard InChI is InChI=1S/C25H33N3O4/c1-4-31-23-16-22(27-10-12-30-13-11-27)24(32-5-2)15-20(23)26-25(29)17-28-18(3)14-19-8-6-7-9-21(19)28/h6-9,15-16,18H,4-5,10-14,17H2,1-3H3,(H,26,29). The molecule has 4 rings (SSSR count). The number of ether oxygens (including phenoxy) is 3. The van der Waals surface area contributed by atoms with Crippen molar-refractivity contribution in [3.8, 4) is 11.5 Å². The Balaban J connectivity index is 1.56. The molecule has 32 heavy (non-hydrogen) atoms. The highest BCUT2D eigenvalue weighted by Gasteiger charge is 2.28. The van der Waals surface area contributed by atoms with E-state index in [0.717, 1.165) is 36.6 Å². The first kappa shape index (κ1) is 22.3. The molecular formula is C25H33N3O4. The van der Waals surface area contributed by atoms with Gasteiger partial charge in [-0.25, -0.2) is 0 Å². The Kier molecular flexibility index (Phi) is 7.05. The van der Waals surface area contributed by atoms with Crippen molar-refractivity contribution in [1.82, 2.24) is 0 Å². The molecule has 2 aromatic carbocycles. The molecule has 7 nitrogen and oxygen atoms in total. The van der Waals surface area contributed by atoms with Gasteiger partial charge in [0.15, 0.2) is 0 Å². The molecule has 2 aliphatic rings. The summed E-state index contributed by atoms with van der Waals surface area (Å²) in [5, 5.41) is 3.07. The molecule has 1 atom stereocenters. The average Bonchev–Trinajstić information content (AvgIpc) is 3.11. The molecule has 2 aromatic rings. The Morgan fingerprint density at radius 2 is 1.78 bits per heavy atom. The molecule has 1 amide bonds. The van der Waals surface area contributed by atoms with Crippen LogP contribution in [-0.2, 0) is 16.0 Å². The van der Waals surface area contributed by atoms with E-state index in [1.807, 2.05) is 32.0 Å². The fraction of sp³-hybridized carbons (Fsp3) is 0.480. The highest BCUT2D eigenvalue weighted by molar-refractivity contribution is 5.96. The van der Waals surface area contributed by atoms with Crippen LogP contribution in [0.4, 0.5) is 17.1 Å². The summed E-state index contributed by atoms with van der Waals surface area (Å²) >= 11 is 0. The largest absolute Gasteiger partial charge is 0.492 e. The van der Waals surface area contributed by atoms with Gasteiger partial charge in [-0.15, -0.1) is 0 Å². The number of morpholine rings is 1. The third-order valence-electron chi connectivity index (χ3n) is 5.95. The van der Waals surface area contributed by atoms with Crippen molar-refractivity contribution in [3.05, 3.63) is 42.0 Å². The van der Waals surface area contributed by atoms with Gasteiger partial charge in [0.05, 0.1) is 44.3 Å². The minimum atomic E-state index is -0.0731. The lowest BCUT2D eigenvalue weighted by Gasteiger charge is -2.31. The molecule has 1 fully saturated rings. The first-order valence-electron chi connectivity index (χ1n) is 11.5. The lowest BCUT2D eigenvalue weighted by Crippen LogP contribution is -2.37. The highest BCUT2D eigenvalue weighted by atomic mass is 16.5. The maximum Gasteiger partial charge on any atom is 0.244 e. The predicted molar refractivity (Wildman–Crippen MR) is 127 cm³/mol. The number of benzene rings is 2. The molecule has 0 aromatic heterocycles. The predicted octanol–water partition coefficient (Wildman–Crippen LogP) is 3.71. The smallest absolute Gasteiger partial charge is 0.244 e. The fourth-order valence-electron chi connectivity index (χ4n) is 4.46. The van der Waals surface area contributed by atoms with E-state index < -0.39 is 0 Å². The summed E-state index contributed by atoms with van der Waals surface area (Å²) in [6.45, 7) is 10.4. The van der Waals surface area contributed by atoms with Crippen molar-refractivity contribution in [1.29, 1.82) is 0 Å². The number of fused-ring (bicyclic) bond motifs is 1. The number of carbonyl (C=O) groups is 1. The maximum absolute atomic E-state index is 13.1.